The van der Waals surface area contributed by atoms with Crippen LogP contribution in [0, 0.1) is 5.82 Å². The minimum Gasteiger partial charge on any atom is -0.207 e. The quantitative estimate of drug-likeness (QED) is 0.527. The Balaban J connectivity index is 3.36. The van der Waals surface area contributed by atoms with E-state index in [1.165, 1.54) is 6.92 Å². The Labute approximate surface area is 87.1 Å². The van der Waals surface area contributed by atoms with Crippen molar-refractivity contribution < 1.29 is 17.6 Å². The van der Waals surface area contributed by atoms with Crippen LogP contribution < -0.4 is 0 Å². The maximum atomic E-state index is 13.1. The van der Waals surface area contributed by atoms with E-state index in [-0.39, 0.29) is 5.56 Å². The third kappa shape index (κ3) is 2.26. The lowest BCUT2D eigenvalue weighted by Gasteiger charge is -2.14. The van der Waals surface area contributed by atoms with Crippen LogP contribution in [0.4, 0.5) is 17.6 Å². The first-order chi connectivity index (χ1) is 6.34. The van der Waals surface area contributed by atoms with Crippen LogP contribution in [0.15, 0.2) is 18.2 Å². The highest BCUT2D eigenvalue weighted by Gasteiger charge is 2.35. The first kappa shape index (κ1) is 11.5. The van der Waals surface area contributed by atoms with Crippen molar-refractivity contribution >= 4 is 15.9 Å². The summed E-state index contributed by atoms with van der Waals surface area (Å²) in [6.07, 6.45) is -4.51. The zero-order valence-electron chi connectivity index (χ0n) is 7.20. The summed E-state index contributed by atoms with van der Waals surface area (Å²) in [7, 11) is 0. The van der Waals surface area contributed by atoms with Crippen LogP contribution in [0.1, 0.15) is 22.9 Å². The van der Waals surface area contributed by atoms with Crippen LogP contribution in [0.25, 0.3) is 0 Å². The summed E-state index contributed by atoms with van der Waals surface area (Å²) in [5.41, 5.74) is -1.28. The molecule has 0 N–H and O–H groups in total. The molecule has 1 aromatic carbocycles. The summed E-state index contributed by atoms with van der Waals surface area (Å²) in [6.45, 7) is 1.45. The highest BCUT2D eigenvalue weighted by molar-refractivity contribution is 9.09. The second kappa shape index (κ2) is 3.88. The molecule has 0 nitrogen and oxygen atoms in total. The van der Waals surface area contributed by atoms with Gasteiger partial charge in [0, 0.05) is 10.4 Å². The smallest absolute Gasteiger partial charge is 0.207 e. The van der Waals surface area contributed by atoms with Crippen molar-refractivity contribution in [1.29, 1.82) is 0 Å². The molecule has 0 saturated heterocycles. The molecule has 1 aromatic rings. The summed E-state index contributed by atoms with van der Waals surface area (Å²) in [6, 6.07) is 2.94. The number of benzene rings is 1. The van der Waals surface area contributed by atoms with Crippen LogP contribution in [0.5, 0.6) is 0 Å². The maximum absolute atomic E-state index is 13.1. The van der Waals surface area contributed by atoms with E-state index in [0.717, 1.165) is 18.2 Å². The van der Waals surface area contributed by atoms with E-state index in [1.807, 2.05) is 0 Å². The van der Waals surface area contributed by atoms with E-state index < -0.39 is 22.4 Å². The Kier molecular flexibility index (Phi) is 3.19. The van der Waals surface area contributed by atoms with Crippen molar-refractivity contribution in [2.24, 2.45) is 0 Å². The third-order valence-electron chi connectivity index (χ3n) is 1.76. The van der Waals surface area contributed by atoms with E-state index in [9.17, 15) is 17.6 Å². The lowest BCUT2D eigenvalue weighted by molar-refractivity contribution is -0.138. The lowest BCUT2D eigenvalue weighted by atomic mass is 10.0. The molecule has 14 heavy (non-hydrogen) atoms. The molecule has 78 valence electrons. The normalized spacial score (nSPS) is 14.1. The minimum atomic E-state index is -4.51. The SMILES string of the molecule is CC(Br)c1c(F)cccc1C(F)(F)F. The van der Waals surface area contributed by atoms with E-state index in [2.05, 4.69) is 15.9 Å². The van der Waals surface area contributed by atoms with Gasteiger partial charge in [0.05, 0.1) is 5.56 Å². The fourth-order valence-electron chi connectivity index (χ4n) is 1.19. The van der Waals surface area contributed by atoms with Crippen molar-refractivity contribution in [3.05, 3.63) is 35.1 Å². The van der Waals surface area contributed by atoms with Gasteiger partial charge in [-0.15, -0.1) is 0 Å². The average molecular weight is 271 g/mol. The van der Waals surface area contributed by atoms with Crippen molar-refractivity contribution in [3.8, 4) is 0 Å². The third-order valence-corrected chi connectivity index (χ3v) is 2.21. The highest BCUT2D eigenvalue weighted by Crippen LogP contribution is 2.38. The molecule has 0 aromatic heterocycles. The Hall–Kier alpha value is -0.580. The largest absolute Gasteiger partial charge is 0.416 e. The van der Waals surface area contributed by atoms with Gasteiger partial charge in [0.2, 0.25) is 0 Å². The molecular weight excluding hydrogens is 264 g/mol. The summed E-state index contributed by atoms with van der Waals surface area (Å²) < 4.78 is 50.3. The van der Waals surface area contributed by atoms with Gasteiger partial charge in [-0.05, 0) is 19.1 Å². The van der Waals surface area contributed by atoms with Gasteiger partial charge >= 0.3 is 6.18 Å². The molecule has 0 saturated carbocycles. The highest BCUT2D eigenvalue weighted by atomic mass is 79.9. The first-order valence-corrected chi connectivity index (χ1v) is 4.75. The van der Waals surface area contributed by atoms with Crippen LogP contribution in [-0.2, 0) is 6.18 Å². The zero-order valence-corrected chi connectivity index (χ0v) is 8.79. The maximum Gasteiger partial charge on any atom is 0.416 e. The Bertz CT molecular complexity index is 330. The number of hydrogen-bond donors (Lipinski definition) is 0. The predicted molar refractivity (Wildman–Crippen MR) is 48.7 cm³/mol. The number of rotatable bonds is 1. The summed E-state index contributed by atoms with van der Waals surface area (Å²) >= 11 is 2.94. The summed E-state index contributed by atoms with van der Waals surface area (Å²) in [4.78, 5) is -0.666. The van der Waals surface area contributed by atoms with Gasteiger partial charge in [0.25, 0.3) is 0 Å². The lowest BCUT2D eigenvalue weighted by Crippen LogP contribution is -2.10. The van der Waals surface area contributed by atoms with Gasteiger partial charge < -0.3 is 0 Å². The topological polar surface area (TPSA) is 0 Å². The molecule has 1 rings (SSSR count). The van der Waals surface area contributed by atoms with Crippen molar-refractivity contribution in [2.75, 3.05) is 0 Å². The Morgan fingerprint density at radius 3 is 2.21 bits per heavy atom. The van der Waals surface area contributed by atoms with Crippen LogP contribution in [0.2, 0.25) is 0 Å². The van der Waals surface area contributed by atoms with E-state index in [4.69, 9.17) is 0 Å². The fourth-order valence-corrected chi connectivity index (χ4v) is 1.65. The van der Waals surface area contributed by atoms with E-state index in [0.29, 0.717) is 0 Å². The molecule has 5 heteroatoms. The van der Waals surface area contributed by atoms with E-state index in [1.54, 1.807) is 0 Å². The fraction of sp³-hybridized carbons (Fsp3) is 0.333. The van der Waals surface area contributed by atoms with Crippen molar-refractivity contribution in [1.82, 2.24) is 0 Å². The standard InChI is InChI=1S/C9H7BrF4/c1-5(10)8-6(9(12,13)14)3-2-4-7(8)11/h2-5H,1H3. The Morgan fingerprint density at radius 1 is 1.29 bits per heavy atom. The molecule has 0 fully saturated rings. The molecule has 0 heterocycles. The van der Waals surface area contributed by atoms with Gasteiger partial charge in [-0.3, -0.25) is 0 Å². The van der Waals surface area contributed by atoms with Crippen LogP contribution in [-0.4, -0.2) is 0 Å². The molecule has 0 spiro atoms. The molecule has 0 radical (unpaired) electrons. The second-order valence-corrected chi connectivity index (χ2v) is 4.19. The first-order valence-electron chi connectivity index (χ1n) is 3.83. The van der Waals surface area contributed by atoms with Gasteiger partial charge in [0.1, 0.15) is 5.82 Å². The van der Waals surface area contributed by atoms with Gasteiger partial charge in [-0.2, -0.15) is 13.2 Å². The summed E-state index contributed by atoms with van der Waals surface area (Å²) in [5, 5.41) is 0. The predicted octanol–water partition coefficient (Wildman–Crippen LogP) is 4.30. The van der Waals surface area contributed by atoms with Gasteiger partial charge in [-0.1, -0.05) is 22.0 Å². The molecule has 0 amide bonds. The molecule has 0 aliphatic carbocycles. The second-order valence-electron chi connectivity index (χ2n) is 2.81. The molecule has 1 atom stereocenters. The van der Waals surface area contributed by atoms with Crippen molar-refractivity contribution in [3.63, 3.8) is 0 Å². The molecule has 0 aliphatic heterocycles. The van der Waals surface area contributed by atoms with Crippen LogP contribution >= 0.6 is 15.9 Å². The summed E-state index contributed by atoms with van der Waals surface area (Å²) in [5.74, 6) is -0.843. The number of alkyl halides is 4. The minimum absolute atomic E-state index is 0.347. The van der Waals surface area contributed by atoms with Gasteiger partial charge in [-0.25, -0.2) is 4.39 Å². The van der Waals surface area contributed by atoms with Crippen LogP contribution in [0.3, 0.4) is 0 Å². The molecular formula is C9H7BrF4. The van der Waals surface area contributed by atoms with Gasteiger partial charge in [0.15, 0.2) is 0 Å². The number of halogens is 5. The monoisotopic (exact) mass is 270 g/mol. The molecule has 0 bridgehead atoms. The van der Waals surface area contributed by atoms with Crippen molar-refractivity contribution in [2.45, 2.75) is 17.9 Å². The Morgan fingerprint density at radius 2 is 1.86 bits per heavy atom. The average Bonchev–Trinajstić information content (AvgIpc) is 2.01. The number of hydrogen-bond acceptors (Lipinski definition) is 0. The molecule has 1 unspecified atom stereocenters. The molecule has 0 aliphatic rings. The zero-order chi connectivity index (χ0) is 10.9. The van der Waals surface area contributed by atoms with E-state index >= 15 is 0 Å².